The maximum atomic E-state index is 11.6. The predicted octanol–water partition coefficient (Wildman–Crippen LogP) is -1.46. The minimum absolute atomic E-state index is 0.0617. The number of hydrogen-bond acceptors (Lipinski definition) is 5. The van der Waals surface area contributed by atoms with Gasteiger partial charge in [0.2, 0.25) is 0 Å². The van der Waals surface area contributed by atoms with E-state index in [2.05, 4.69) is 25.5 Å². The summed E-state index contributed by atoms with van der Waals surface area (Å²) in [6.07, 6.45) is 2.72. The first kappa shape index (κ1) is 12.7. The molecule has 0 fully saturated rings. The van der Waals surface area contributed by atoms with Crippen LogP contribution < -0.4 is 16.6 Å². The Morgan fingerprint density at radius 1 is 1.32 bits per heavy atom. The van der Waals surface area contributed by atoms with Crippen molar-refractivity contribution in [2.24, 2.45) is 0 Å². The predicted molar refractivity (Wildman–Crippen MR) is 64.7 cm³/mol. The number of H-pyrrole nitrogens is 3. The topological polar surface area (TPSA) is 136 Å². The first-order valence-electron chi connectivity index (χ1n) is 5.61. The molecule has 0 aliphatic heterocycles. The number of aromatic amines is 3. The third-order valence-electron chi connectivity index (χ3n) is 2.35. The Kier molecular flexibility index (Phi) is 3.86. The number of aromatic nitrogens is 5. The van der Waals surface area contributed by atoms with Gasteiger partial charge in [-0.05, 0) is 6.42 Å². The summed E-state index contributed by atoms with van der Waals surface area (Å²) in [4.78, 5) is 41.8. The van der Waals surface area contributed by atoms with Gasteiger partial charge in [0.05, 0.1) is 0 Å². The van der Waals surface area contributed by atoms with Gasteiger partial charge in [-0.15, -0.1) is 0 Å². The summed E-state index contributed by atoms with van der Waals surface area (Å²) in [5.41, 5.74) is -1.39. The van der Waals surface area contributed by atoms with Crippen molar-refractivity contribution < 1.29 is 4.79 Å². The highest BCUT2D eigenvalue weighted by molar-refractivity contribution is 5.91. The van der Waals surface area contributed by atoms with E-state index in [-0.39, 0.29) is 5.69 Å². The highest BCUT2D eigenvalue weighted by Gasteiger charge is 2.07. The maximum Gasteiger partial charge on any atom is 0.326 e. The zero-order valence-electron chi connectivity index (χ0n) is 9.90. The standard InChI is InChI=1S/C10H12N6O3/c17-8-4-6(14-10(19)15-8)9(18)11-3-1-2-7-12-5-13-16-7/h4-5H,1-3H2,(H,11,18)(H,12,13,16)(H2,14,15,17,19). The zero-order chi connectivity index (χ0) is 13.7. The highest BCUT2D eigenvalue weighted by atomic mass is 16.2. The van der Waals surface area contributed by atoms with Crippen molar-refractivity contribution in [1.29, 1.82) is 0 Å². The smallest absolute Gasteiger partial charge is 0.326 e. The monoisotopic (exact) mass is 264 g/mol. The van der Waals surface area contributed by atoms with E-state index in [9.17, 15) is 14.4 Å². The zero-order valence-corrected chi connectivity index (χ0v) is 9.90. The van der Waals surface area contributed by atoms with Crippen LogP contribution in [0.5, 0.6) is 0 Å². The molecule has 0 atom stereocenters. The molecule has 0 saturated heterocycles. The summed E-state index contributed by atoms with van der Waals surface area (Å²) in [6, 6.07) is 1.03. The fourth-order valence-corrected chi connectivity index (χ4v) is 1.50. The Morgan fingerprint density at radius 2 is 2.16 bits per heavy atom. The molecule has 19 heavy (non-hydrogen) atoms. The Hall–Kier alpha value is -2.71. The van der Waals surface area contributed by atoms with Crippen molar-refractivity contribution in [3.8, 4) is 0 Å². The molecule has 0 aromatic carbocycles. The number of amides is 1. The summed E-state index contributed by atoms with van der Waals surface area (Å²) in [7, 11) is 0. The van der Waals surface area contributed by atoms with E-state index >= 15 is 0 Å². The lowest BCUT2D eigenvalue weighted by atomic mass is 10.3. The van der Waals surface area contributed by atoms with E-state index in [1.165, 1.54) is 6.33 Å². The molecular formula is C10H12N6O3. The molecule has 100 valence electrons. The van der Waals surface area contributed by atoms with Gasteiger partial charge in [-0.3, -0.25) is 19.7 Å². The molecule has 0 aliphatic carbocycles. The highest BCUT2D eigenvalue weighted by Crippen LogP contribution is 1.92. The second-order valence-electron chi connectivity index (χ2n) is 3.79. The maximum absolute atomic E-state index is 11.6. The molecule has 2 aromatic rings. The third-order valence-corrected chi connectivity index (χ3v) is 2.35. The molecule has 2 heterocycles. The Morgan fingerprint density at radius 3 is 2.84 bits per heavy atom. The van der Waals surface area contributed by atoms with Crippen molar-refractivity contribution in [2.75, 3.05) is 6.54 Å². The number of aryl methyl sites for hydroxylation is 1. The molecule has 0 radical (unpaired) electrons. The van der Waals surface area contributed by atoms with Gasteiger partial charge >= 0.3 is 5.69 Å². The van der Waals surface area contributed by atoms with Gasteiger partial charge < -0.3 is 10.3 Å². The van der Waals surface area contributed by atoms with Crippen molar-refractivity contribution >= 4 is 5.91 Å². The van der Waals surface area contributed by atoms with Gasteiger partial charge in [0.15, 0.2) is 0 Å². The fraction of sp³-hybridized carbons (Fsp3) is 0.300. The van der Waals surface area contributed by atoms with Crippen LogP contribution in [0.2, 0.25) is 0 Å². The second kappa shape index (κ2) is 5.76. The minimum Gasteiger partial charge on any atom is -0.351 e. The number of rotatable bonds is 5. The van der Waals surface area contributed by atoms with Gasteiger partial charge in [0, 0.05) is 19.0 Å². The van der Waals surface area contributed by atoms with Crippen molar-refractivity contribution in [3.05, 3.63) is 44.8 Å². The average Bonchev–Trinajstić information content (AvgIpc) is 2.86. The van der Waals surface area contributed by atoms with Gasteiger partial charge in [-0.25, -0.2) is 9.78 Å². The average molecular weight is 264 g/mol. The van der Waals surface area contributed by atoms with E-state index in [1.54, 1.807) is 0 Å². The van der Waals surface area contributed by atoms with Gasteiger partial charge in [-0.2, -0.15) is 5.10 Å². The molecule has 4 N–H and O–H groups in total. The van der Waals surface area contributed by atoms with Crippen molar-refractivity contribution in [3.63, 3.8) is 0 Å². The largest absolute Gasteiger partial charge is 0.351 e. The van der Waals surface area contributed by atoms with Crippen LogP contribution in [0.1, 0.15) is 22.7 Å². The van der Waals surface area contributed by atoms with E-state index in [1.807, 2.05) is 4.98 Å². The quantitative estimate of drug-likeness (QED) is 0.489. The molecule has 0 saturated carbocycles. The summed E-state index contributed by atoms with van der Waals surface area (Å²) in [6.45, 7) is 0.397. The fourth-order valence-electron chi connectivity index (χ4n) is 1.50. The molecule has 9 nitrogen and oxygen atoms in total. The molecule has 1 amide bonds. The van der Waals surface area contributed by atoms with Crippen LogP contribution >= 0.6 is 0 Å². The molecule has 0 bridgehead atoms. The van der Waals surface area contributed by atoms with Crippen LogP contribution in [-0.4, -0.2) is 37.6 Å². The Balaban J connectivity index is 1.84. The lowest BCUT2D eigenvalue weighted by molar-refractivity contribution is 0.0947. The van der Waals surface area contributed by atoms with Crippen molar-refractivity contribution in [2.45, 2.75) is 12.8 Å². The SMILES string of the molecule is O=C(NCCCc1ncn[nH]1)c1cc(=O)[nH]c(=O)[nH]1. The van der Waals surface area contributed by atoms with Crippen LogP contribution in [0.15, 0.2) is 22.0 Å². The second-order valence-corrected chi connectivity index (χ2v) is 3.79. The molecule has 0 spiro atoms. The van der Waals surface area contributed by atoms with Crippen molar-refractivity contribution in [1.82, 2.24) is 30.5 Å². The van der Waals surface area contributed by atoms with Crippen LogP contribution in [0.25, 0.3) is 0 Å². The first-order chi connectivity index (χ1) is 9.15. The summed E-state index contributed by atoms with van der Waals surface area (Å²) in [5.74, 6) is 0.236. The summed E-state index contributed by atoms with van der Waals surface area (Å²) < 4.78 is 0. The summed E-state index contributed by atoms with van der Waals surface area (Å²) >= 11 is 0. The van der Waals surface area contributed by atoms with E-state index in [4.69, 9.17) is 0 Å². The normalized spacial score (nSPS) is 10.3. The van der Waals surface area contributed by atoms with Crippen LogP contribution in [0, 0.1) is 0 Å². The molecule has 0 aliphatic rings. The van der Waals surface area contributed by atoms with Crippen LogP contribution in [-0.2, 0) is 6.42 Å². The van der Waals surface area contributed by atoms with E-state index in [0.717, 1.165) is 11.9 Å². The number of carbonyl (C=O) groups excluding carboxylic acids is 1. The van der Waals surface area contributed by atoms with E-state index in [0.29, 0.717) is 19.4 Å². The Bertz CT molecular complexity index is 628. The lowest BCUT2D eigenvalue weighted by Crippen LogP contribution is -2.31. The molecule has 0 unspecified atom stereocenters. The summed E-state index contributed by atoms with van der Waals surface area (Å²) in [5, 5.41) is 9.00. The molecule has 9 heteroatoms. The third kappa shape index (κ3) is 3.63. The number of hydrogen-bond donors (Lipinski definition) is 4. The molecule has 2 rings (SSSR count). The van der Waals surface area contributed by atoms with Gasteiger partial charge in [0.1, 0.15) is 17.8 Å². The number of carbonyl (C=O) groups is 1. The molecule has 2 aromatic heterocycles. The lowest BCUT2D eigenvalue weighted by Gasteiger charge is -2.03. The van der Waals surface area contributed by atoms with E-state index < -0.39 is 17.2 Å². The van der Waals surface area contributed by atoms with Crippen LogP contribution in [0.4, 0.5) is 0 Å². The number of nitrogens with one attached hydrogen (secondary N) is 4. The molecular weight excluding hydrogens is 252 g/mol. The van der Waals surface area contributed by atoms with Gasteiger partial charge in [-0.1, -0.05) is 0 Å². The minimum atomic E-state index is -0.709. The van der Waals surface area contributed by atoms with Gasteiger partial charge in [0.25, 0.3) is 11.5 Å². The first-order valence-corrected chi connectivity index (χ1v) is 5.61. The number of nitrogens with zero attached hydrogens (tertiary/aromatic N) is 2. The Labute approximate surface area is 106 Å². The van der Waals surface area contributed by atoms with Crippen LogP contribution in [0.3, 0.4) is 0 Å².